The van der Waals surface area contributed by atoms with Crippen LogP contribution in [-0.4, -0.2) is 15.0 Å². The van der Waals surface area contributed by atoms with E-state index in [4.69, 9.17) is 9.97 Å². The van der Waals surface area contributed by atoms with Gasteiger partial charge in [-0.15, -0.1) is 0 Å². The number of hydrogen-bond donors (Lipinski definition) is 0. The van der Waals surface area contributed by atoms with Gasteiger partial charge < -0.3 is 0 Å². The first-order chi connectivity index (χ1) is 20.8. The SMILES string of the molecule is c1ccc(-c2cc(-c3ccc(-c4ccncc4)cc3)nc(-c3ccc4c5ccccc5c5ccccc5c4c3)n2)cc1. The van der Waals surface area contributed by atoms with Gasteiger partial charge >= 0.3 is 0 Å². The van der Waals surface area contributed by atoms with Crippen LogP contribution in [0.15, 0.2) is 152 Å². The fourth-order valence-corrected chi connectivity index (χ4v) is 5.91. The Labute approximate surface area is 243 Å². The van der Waals surface area contributed by atoms with Gasteiger partial charge in [0.05, 0.1) is 11.4 Å². The number of nitrogens with zero attached hydrogens (tertiary/aromatic N) is 3. The van der Waals surface area contributed by atoms with Gasteiger partial charge in [0.1, 0.15) is 0 Å². The summed E-state index contributed by atoms with van der Waals surface area (Å²) in [5.41, 5.74) is 7.18. The molecular weight excluding hydrogens is 510 g/mol. The van der Waals surface area contributed by atoms with Crippen molar-refractivity contribution in [3.63, 3.8) is 0 Å². The lowest BCUT2D eigenvalue weighted by molar-refractivity contribution is 1.18. The van der Waals surface area contributed by atoms with E-state index in [-0.39, 0.29) is 0 Å². The zero-order chi connectivity index (χ0) is 27.9. The molecule has 0 aliphatic carbocycles. The van der Waals surface area contributed by atoms with Gasteiger partial charge in [-0.05, 0) is 67.7 Å². The van der Waals surface area contributed by atoms with Crippen molar-refractivity contribution < 1.29 is 0 Å². The lowest BCUT2D eigenvalue weighted by Crippen LogP contribution is -1.96. The molecule has 0 atom stereocenters. The number of pyridine rings is 1. The molecule has 0 N–H and O–H groups in total. The van der Waals surface area contributed by atoms with Gasteiger partial charge in [0.25, 0.3) is 0 Å². The van der Waals surface area contributed by atoms with E-state index in [2.05, 4.69) is 114 Å². The number of aromatic nitrogens is 3. The maximum atomic E-state index is 5.13. The largest absolute Gasteiger partial charge is 0.265 e. The van der Waals surface area contributed by atoms with Gasteiger partial charge in [-0.2, -0.15) is 0 Å². The van der Waals surface area contributed by atoms with Crippen molar-refractivity contribution in [1.29, 1.82) is 0 Å². The quantitative estimate of drug-likeness (QED) is 0.211. The molecule has 0 saturated carbocycles. The van der Waals surface area contributed by atoms with Gasteiger partial charge in [0, 0.05) is 29.1 Å². The minimum Gasteiger partial charge on any atom is -0.265 e. The third-order valence-electron chi connectivity index (χ3n) is 7.99. The number of hydrogen-bond acceptors (Lipinski definition) is 3. The highest BCUT2D eigenvalue weighted by molar-refractivity contribution is 6.25. The summed E-state index contributed by atoms with van der Waals surface area (Å²) in [7, 11) is 0. The summed E-state index contributed by atoms with van der Waals surface area (Å²) in [4.78, 5) is 14.4. The zero-order valence-electron chi connectivity index (χ0n) is 22.8. The number of fused-ring (bicyclic) bond motifs is 6. The van der Waals surface area contributed by atoms with E-state index in [0.717, 1.165) is 39.2 Å². The highest BCUT2D eigenvalue weighted by Crippen LogP contribution is 2.37. The molecular formula is C39H25N3. The van der Waals surface area contributed by atoms with Gasteiger partial charge in [0.2, 0.25) is 0 Å². The molecule has 6 aromatic carbocycles. The first-order valence-corrected chi connectivity index (χ1v) is 14.1. The number of benzene rings is 6. The molecule has 0 aliphatic rings. The summed E-state index contributed by atoms with van der Waals surface area (Å²) in [6.45, 7) is 0. The monoisotopic (exact) mass is 535 g/mol. The highest BCUT2D eigenvalue weighted by atomic mass is 14.9. The van der Waals surface area contributed by atoms with Crippen LogP contribution in [-0.2, 0) is 0 Å². The van der Waals surface area contributed by atoms with Crippen LogP contribution in [0.5, 0.6) is 0 Å². The van der Waals surface area contributed by atoms with Crippen molar-refractivity contribution in [2.45, 2.75) is 0 Å². The molecule has 0 bridgehead atoms. The molecule has 3 nitrogen and oxygen atoms in total. The van der Waals surface area contributed by atoms with Crippen LogP contribution >= 0.6 is 0 Å². The fraction of sp³-hybridized carbons (Fsp3) is 0. The summed E-state index contributed by atoms with van der Waals surface area (Å²) in [5, 5.41) is 7.46. The Bertz CT molecular complexity index is 2190. The van der Waals surface area contributed by atoms with Crippen molar-refractivity contribution in [2.75, 3.05) is 0 Å². The van der Waals surface area contributed by atoms with Crippen molar-refractivity contribution >= 4 is 32.3 Å². The highest BCUT2D eigenvalue weighted by Gasteiger charge is 2.14. The Morgan fingerprint density at radius 1 is 0.310 bits per heavy atom. The van der Waals surface area contributed by atoms with Gasteiger partial charge in [-0.3, -0.25) is 4.98 Å². The van der Waals surface area contributed by atoms with Crippen molar-refractivity contribution in [3.05, 3.63) is 152 Å². The normalized spacial score (nSPS) is 11.3. The molecule has 0 radical (unpaired) electrons. The molecule has 0 unspecified atom stereocenters. The maximum Gasteiger partial charge on any atom is 0.160 e. The third kappa shape index (κ3) is 4.20. The Balaban J connectivity index is 1.32. The maximum absolute atomic E-state index is 5.13. The summed E-state index contributed by atoms with van der Waals surface area (Å²) in [5.74, 6) is 0.712. The zero-order valence-corrected chi connectivity index (χ0v) is 22.8. The Kier molecular flexibility index (Phi) is 5.79. The van der Waals surface area contributed by atoms with Crippen LogP contribution in [0.4, 0.5) is 0 Å². The van der Waals surface area contributed by atoms with E-state index >= 15 is 0 Å². The van der Waals surface area contributed by atoms with E-state index in [1.165, 1.54) is 32.3 Å². The van der Waals surface area contributed by atoms with E-state index in [9.17, 15) is 0 Å². The molecule has 42 heavy (non-hydrogen) atoms. The molecule has 8 aromatic rings. The van der Waals surface area contributed by atoms with Crippen LogP contribution < -0.4 is 0 Å². The lowest BCUT2D eigenvalue weighted by atomic mass is 9.93. The van der Waals surface area contributed by atoms with E-state index in [1.54, 1.807) is 0 Å². The molecule has 196 valence electrons. The lowest BCUT2D eigenvalue weighted by Gasteiger charge is -2.13. The Morgan fingerprint density at radius 3 is 1.38 bits per heavy atom. The second kappa shape index (κ2) is 10.1. The minimum atomic E-state index is 0.712. The van der Waals surface area contributed by atoms with Crippen LogP contribution in [0.3, 0.4) is 0 Å². The summed E-state index contributed by atoms with van der Waals surface area (Å²) >= 11 is 0. The molecule has 0 amide bonds. The van der Waals surface area contributed by atoms with Crippen LogP contribution in [0, 0.1) is 0 Å². The topological polar surface area (TPSA) is 38.7 Å². The van der Waals surface area contributed by atoms with Gasteiger partial charge in [-0.25, -0.2) is 9.97 Å². The molecule has 0 aliphatic heterocycles. The van der Waals surface area contributed by atoms with Gasteiger partial charge in [0.15, 0.2) is 5.82 Å². The first-order valence-electron chi connectivity index (χ1n) is 14.1. The molecule has 0 fully saturated rings. The van der Waals surface area contributed by atoms with Crippen molar-refractivity contribution in [2.24, 2.45) is 0 Å². The van der Waals surface area contributed by atoms with Crippen LogP contribution in [0.1, 0.15) is 0 Å². The summed E-state index contributed by atoms with van der Waals surface area (Å²) in [6, 6.07) is 49.0. The Hall–Kier alpha value is -5.67. The second-order valence-corrected chi connectivity index (χ2v) is 10.5. The molecule has 2 aromatic heterocycles. The van der Waals surface area contributed by atoms with E-state index in [0.29, 0.717) is 5.82 Å². The van der Waals surface area contributed by atoms with Crippen molar-refractivity contribution in [1.82, 2.24) is 15.0 Å². The van der Waals surface area contributed by atoms with E-state index in [1.807, 2.05) is 42.7 Å². The first kappa shape index (κ1) is 24.2. The minimum absolute atomic E-state index is 0.712. The number of rotatable bonds is 4. The predicted octanol–water partition coefficient (Wildman–Crippen LogP) is 10.00. The second-order valence-electron chi connectivity index (χ2n) is 10.5. The average Bonchev–Trinajstić information content (AvgIpc) is 3.09. The summed E-state index contributed by atoms with van der Waals surface area (Å²) in [6.07, 6.45) is 3.64. The van der Waals surface area contributed by atoms with Crippen molar-refractivity contribution in [3.8, 4) is 45.0 Å². The van der Waals surface area contributed by atoms with Gasteiger partial charge in [-0.1, -0.05) is 115 Å². The van der Waals surface area contributed by atoms with Crippen LogP contribution in [0.2, 0.25) is 0 Å². The molecule has 2 heterocycles. The average molecular weight is 536 g/mol. The fourth-order valence-electron chi connectivity index (χ4n) is 5.91. The molecule has 8 rings (SSSR count). The molecule has 3 heteroatoms. The third-order valence-corrected chi connectivity index (χ3v) is 7.99. The predicted molar refractivity (Wildman–Crippen MR) is 174 cm³/mol. The smallest absolute Gasteiger partial charge is 0.160 e. The van der Waals surface area contributed by atoms with Crippen LogP contribution in [0.25, 0.3) is 77.3 Å². The standard InChI is InChI=1S/C39H25N3/c1-2-8-28(9-3-1)37-25-38(29-16-14-26(15-17-29)27-20-22-40-23-21-27)42-39(41-37)30-18-19-35-33-12-5-4-10-31(33)32-11-6-7-13-34(32)36(35)24-30/h1-25H. The summed E-state index contributed by atoms with van der Waals surface area (Å²) < 4.78 is 0. The Morgan fingerprint density at radius 2 is 0.762 bits per heavy atom. The molecule has 0 saturated heterocycles. The van der Waals surface area contributed by atoms with E-state index < -0.39 is 0 Å². The molecule has 0 spiro atoms.